The van der Waals surface area contributed by atoms with E-state index in [1.165, 1.54) is 11.8 Å². The van der Waals surface area contributed by atoms with Crippen LogP contribution in [-0.2, 0) is 5.75 Å². The van der Waals surface area contributed by atoms with Gasteiger partial charge in [-0.25, -0.2) is 0 Å². The number of benzene rings is 2. The summed E-state index contributed by atoms with van der Waals surface area (Å²) in [5, 5.41) is 13.5. The van der Waals surface area contributed by atoms with Crippen LogP contribution in [0.5, 0.6) is 5.75 Å². The summed E-state index contributed by atoms with van der Waals surface area (Å²) in [5.74, 6) is 2.54. The van der Waals surface area contributed by atoms with Gasteiger partial charge in [-0.3, -0.25) is 0 Å². The summed E-state index contributed by atoms with van der Waals surface area (Å²) in [6.45, 7) is 4.65. The smallest absolute Gasteiger partial charge is 0.237 e. The lowest BCUT2D eigenvalue weighted by molar-refractivity contribution is 0.340. The fourth-order valence-electron chi connectivity index (χ4n) is 2.79. The van der Waals surface area contributed by atoms with Gasteiger partial charge in [0, 0.05) is 11.1 Å². The Morgan fingerprint density at radius 3 is 2.55 bits per heavy atom. The fourth-order valence-corrected chi connectivity index (χ4v) is 3.44. The van der Waals surface area contributed by atoms with Crippen molar-refractivity contribution in [2.75, 3.05) is 6.61 Å². The number of aromatic nitrogens is 4. The molecule has 0 spiro atoms. The molecule has 0 amide bonds. The van der Waals surface area contributed by atoms with E-state index >= 15 is 0 Å². The van der Waals surface area contributed by atoms with E-state index in [0.717, 1.165) is 33.2 Å². The molecule has 0 aliphatic carbocycles. The largest absolute Gasteiger partial charge is 0.494 e. The van der Waals surface area contributed by atoms with Gasteiger partial charge in [0.2, 0.25) is 11.7 Å². The molecule has 4 rings (SSSR count). The molecule has 7 heteroatoms. The summed E-state index contributed by atoms with van der Waals surface area (Å²) in [5.41, 5.74) is 3.92. The van der Waals surface area contributed by atoms with Gasteiger partial charge in [0.1, 0.15) is 10.8 Å². The van der Waals surface area contributed by atoms with E-state index < -0.39 is 0 Å². The maximum absolute atomic E-state index is 5.47. The van der Waals surface area contributed by atoms with Crippen LogP contribution < -0.4 is 4.74 Å². The highest BCUT2D eigenvalue weighted by Gasteiger charge is 2.10. The summed E-state index contributed by atoms with van der Waals surface area (Å²) in [6.07, 6.45) is 0. The molecule has 0 atom stereocenters. The van der Waals surface area contributed by atoms with Crippen molar-refractivity contribution < 1.29 is 9.26 Å². The molecular formula is C22H20N4O2S. The molecule has 0 unspecified atom stereocenters. The second-order valence-electron chi connectivity index (χ2n) is 6.38. The number of thioether (sulfide) groups is 1. The number of nitrogens with zero attached hydrogens (tertiary/aromatic N) is 4. The Morgan fingerprint density at radius 1 is 0.966 bits per heavy atom. The van der Waals surface area contributed by atoms with Crippen molar-refractivity contribution in [1.29, 1.82) is 0 Å². The first-order valence-electron chi connectivity index (χ1n) is 9.30. The van der Waals surface area contributed by atoms with Crippen molar-refractivity contribution in [1.82, 2.24) is 20.3 Å². The van der Waals surface area contributed by atoms with Crippen molar-refractivity contribution in [2.24, 2.45) is 0 Å². The van der Waals surface area contributed by atoms with E-state index in [2.05, 4.69) is 20.3 Å². The maximum Gasteiger partial charge on any atom is 0.237 e. The first-order chi connectivity index (χ1) is 14.2. The van der Waals surface area contributed by atoms with E-state index in [9.17, 15) is 0 Å². The first kappa shape index (κ1) is 19.1. The molecule has 2 aromatic carbocycles. The SMILES string of the molecule is CCOc1ccc(-c2ccc(SCc3nc(-c4cccc(C)c4)no3)nn2)cc1. The van der Waals surface area contributed by atoms with Crippen LogP contribution in [0.2, 0.25) is 0 Å². The molecule has 146 valence electrons. The second kappa shape index (κ2) is 8.87. The molecule has 0 aliphatic heterocycles. The summed E-state index contributed by atoms with van der Waals surface area (Å²) < 4.78 is 10.8. The molecule has 2 aromatic heterocycles. The van der Waals surface area contributed by atoms with Crippen LogP contribution in [0.25, 0.3) is 22.6 Å². The highest BCUT2D eigenvalue weighted by atomic mass is 32.2. The lowest BCUT2D eigenvalue weighted by Gasteiger charge is -2.04. The summed E-state index contributed by atoms with van der Waals surface area (Å²) >= 11 is 1.51. The minimum Gasteiger partial charge on any atom is -0.494 e. The van der Waals surface area contributed by atoms with E-state index in [4.69, 9.17) is 9.26 Å². The summed E-state index contributed by atoms with van der Waals surface area (Å²) in [7, 11) is 0. The lowest BCUT2D eigenvalue weighted by atomic mass is 10.1. The van der Waals surface area contributed by atoms with Gasteiger partial charge in [-0.15, -0.1) is 10.2 Å². The van der Waals surface area contributed by atoms with Gasteiger partial charge in [0.05, 0.1) is 18.1 Å². The number of rotatable bonds is 7. The number of hydrogen-bond donors (Lipinski definition) is 0. The van der Waals surface area contributed by atoms with Crippen molar-refractivity contribution in [3.05, 3.63) is 72.1 Å². The van der Waals surface area contributed by atoms with Gasteiger partial charge in [-0.1, -0.05) is 40.7 Å². The zero-order valence-electron chi connectivity index (χ0n) is 16.2. The molecule has 0 radical (unpaired) electrons. The van der Waals surface area contributed by atoms with E-state index in [-0.39, 0.29) is 0 Å². The topological polar surface area (TPSA) is 73.9 Å². The van der Waals surface area contributed by atoms with E-state index in [1.807, 2.05) is 74.5 Å². The Balaban J connectivity index is 1.38. The van der Waals surface area contributed by atoms with Crippen LogP contribution in [-0.4, -0.2) is 26.9 Å². The van der Waals surface area contributed by atoms with Crippen molar-refractivity contribution >= 4 is 11.8 Å². The Labute approximate surface area is 173 Å². The maximum atomic E-state index is 5.47. The zero-order valence-corrected chi connectivity index (χ0v) is 17.0. The minimum atomic E-state index is 0.538. The Hall–Kier alpha value is -3.19. The van der Waals surface area contributed by atoms with Crippen LogP contribution in [0.15, 0.2) is 70.2 Å². The van der Waals surface area contributed by atoms with Gasteiger partial charge >= 0.3 is 0 Å². The van der Waals surface area contributed by atoms with Crippen molar-refractivity contribution in [3.8, 4) is 28.4 Å². The van der Waals surface area contributed by atoms with E-state index in [0.29, 0.717) is 24.1 Å². The average Bonchev–Trinajstić information content (AvgIpc) is 3.23. The highest BCUT2D eigenvalue weighted by Crippen LogP contribution is 2.25. The van der Waals surface area contributed by atoms with Crippen LogP contribution in [0.3, 0.4) is 0 Å². The molecule has 2 heterocycles. The standard InChI is InChI=1S/C22H20N4O2S/c1-3-27-18-9-7-16(8-10-18)19-11-12-21(25-24-19)29-14-20-23-22(26-28-20)17-6-4-5-15(2)13-17/h4-13H,3,14H2,1-2H3. The Bertz CT molecular complexity index is 1080. The van der Waals surface area contributed by atoms with Gasteiger partial charge in [0.15, 0.2) is 0 Å². The van der Waals surface area contributed by atoms with E-state index in [1.54, 1.807) is 0 Å². The van der Waals surface area contributed by atoms with Gasteiger partial charge in [0.25, 0.3) is 0 Å². The summed E-state index contributed by atoms with van der Waals surface area (Å²) in [4.78, 5) is 4.47. The molecule has 29 heavy (non-hydrogen) atoms. The van der Waals surface area contributed by atoms with Gasteiger partial charge < -0.3 is 9.26 Å². The van der Waals surface area contributed by atoms with Crippen LogP contribution in [0.1, 0.15) is 18.4 Å². The number of ether oxygens (including phenoxy) is 1. The third-order valence-electron chi connectivity index (χ3n) is 4.19. The summed E-state index contributed by atoms with van der Waals surface area (Å²) in [6, 6.07) is 19.8. The molecule has 0 fully saturated rings. The lowest BCUT2D eigenvalue weighted by Crippen LogP contribution is -1.92. The molecular weight excluding hydrogens is 384 g/mol. The Kier molecular flexibility index (Phi) is 5.86. The molecule has 0 saturated carbocycles. The minimum absolute atomic E-state index is 0.538. The van der Waals surface area contributed by atoms with Crippen LogP contribution in [0, 0.1) is 6.92 Å². The van der Waals surface area contributed by atoms with Gasteiger partial charge in [-0.05, 0) is 56.3 Å². The Morgan fingerprint density at radius 2 is 1.83 bits per heavy atom. The third-order valence-corrected chi connectivity index (χ3v) is 5.09. The molecule has 0 N–H and O–H groups in total. The van der Waals surface area contributed by atoms with Crippen molar-refractivity contribution in [3.63, 3.8) is 0 Å². The molecule has 0 saturated heterocycles. The normalized spacial score (nSPS) is 10.8. The van der Waals surface area contributed by atoms with Crippen LogP contribution in [0.4, 0.5) is 0 Å². The number of aryl methyl sites for hydroxylation is 1. The van der Waals surface area contributed by atoms with Gasteiger partial charge in [-0.2, -0.15) is 4.98 Å². The highest BCUT2D eigenvalue weighted by molar-refractivity contribution is 7.98. The second-order valence-corrected chi connectivity index (χ2v) is 7.38. The molecule has 0 aliphatic rings. The first-order valence-corrected chi connectivity index (χ1v) is 10.3. The number of hydrogen-bond acceptors (Lipinski definition) is 7. The fraction of sp³-hybridized carbons (Fsp3) is 0.182. The molecule has 4 aromatic rings. The molecule has 0 bridgehead atoms. The molecule has 6 nitrogen and oxygen atoms in total. The average molecular weight is 404 g/mol. The predicted octanol–water partition coefficient (Wildman–Crippen LogP) is 5.19. The third kappa shape index (κ3) is 4.81. The monoisotopic (exact) mass is 404 g/mol. The van der Waals surface area contributed by atoms with Crippen LogP contribution >= 0.6 is 11.8 Å². The quantitative estimate of drug-likeness (QED) is 0.392. The van der Waals surface area contributed by atoms with Crippen molar-refractivity contribution in [2.45, 2.75) is 24.6 Å². The zero-order chi connectivity index (χ0) is 20.1. The predicted molar refractivity (Wildman–Crippen MR) is 113 cm³/mol.